The number of hydrogen-bond acceptors (Lipinski definition) is 15. The predicted molar refractivity (Wildman–Crippen MR) is 377 cm³/mol. The maximum atomic E-state index is 13.1. The molecule has 0 spiro atoms. The van der Waals surface area contributed by atoms with E-state index in [1.54, 1.807) is 0 Å². The number of hydrogen-bond donors (Lipinski definition) is 3. The normalized spacial score (nSPS) is 14.6. The van der Waals surface area contributed by atoms with Gasteiger partial charge in [0.15, 0.2) is 12.2 Å². The molecule has 0 bridgehead atoms. The fraction of sp³-hybridized carbons (Fsp3) is 0.946. The minimum Gasteiger partial charge on any atom is -0.462 e. The quantitative estimate of drug-likeness (QED) is 0.0222. The average Bonchev–Trinajstić information content (AvgIpc) is 2.05. The molecule has 0 rings (SSSR count). The fourth-order valence-corrected chi connectivity index (χ4v) is 12.8. The van der Waals surface area contributed by atoms with Gasteiger partial charge in [-0.25, -0.2) is 9.13 Å². The Morgan fingerprint density at radius 1 is 0.301 bits per heavy atom. The number of carbonyl (C=O) groups is 4. The third kappa shape index (κ3) is 65.8. The minimum absolute atomic E-state index is 0.106. The van der Waals surface area contributed by atoms with Gasteiger partial charge in [-0.05, 0) is 37.5 Å². The lowest BCUT2D eigenvalue weighted by Gasteiger charge is -2.21. The van der Waals surface area contributed by atoms with E-state index in [-0.39, 0.29) is 25.7 Å². The van der Waals surface area contributed by atoms with Crippen molar-refractivity contribution in [3.05, 3.63) is 0 Å². The van der Waals surface area contributed by atoms with Crippen LogP contribution in [0.1, 0.15) is 382 Å². The van der Waals surface area contributed by atoms with Crippen LogP contribution >= 0.6 is 15.6 Å². The standard InChI is InChI=1S/C74H144O17P2/c1-7-11-13-15-17-19-20-21-22-23-24-25-26-34-40-46-52-58-73(78)91-70(63-85-72(77)57-51-45-39-33-29-27-31-36-42-48-54-66(5)9-3)65-89-93(82,83)87-61-68(75)60-86-92(80,81)88-64-69(62-84-71(76)56-50-44-38-18-16-14-12-8-2)90-74(79)59-53-47-41-35-30-28-32-37-43-49-55-67(6)10-4/h66-70,75H,7-65H2,1-6H3,(H,80,81)(H,82,83)/t66?,67?,68-,69+,70+/m0/s1. The first-order valence-electron chi connectivity index (χ1n) is 38.6. The topological polar surface area (TPSA) is 237 Å². The molecule has 0 amide bonds. The van der Waals surface area contributed by atoms with Crippen molar-refractivity contribution >= 4 is 39.5 Å². The zero-order chi connectivity index (χ0) is 68.6. The second-order valence-corrected chi connectivity index (χ2v) is 30.1. The Morgan fingerprint density at radius 2 is 0.516 bits per heavy atom. The second kappa shape index (κ2) is 66.0. The van der Waals surface area contributed by atoms with Crippen LogP contribution in [0.15, 0.2) is 0 Å². The van der Waals surface area contributed by atoms with Gasteiger partial charge >= 0.3 is 39.5 Å². The van der Waals surface area contributed by atoms with E-state index in [1.165, 1.54) is 193 Å². The SMILES string of the molecule is CCCCCCCCCCCCCCCCCCCC(=O)O[C@H](COC(=O)CCCCCCCCCCCCC(C)CC)COP(=O)(O)OC[C@@H](O)COP(=O)(O)OC[C@@H](COC(=O)CCCCCCCCCC)OC(=O)CCCCCCCCCCCCC(C)CC. The van der Waals surface area contributed by atoms with E-state index in [1.807, 2.05) is 0 Å². The van der Waals surface area contributed by atoms with Crippen LogP contribution in [0.4, 0.5) is 0 Å². The van der Waals surface area contributed by atoms with Crippen LogP contribution in [0.25, 0.3) is 0 Å². The van der Waals surface area contributed by atoms with Crippen molar-refractivity contribution in [3.8, 4) is 0 Å². The molecule has 7 atom stereocenters. The van der Waals surface area contributed by atoms with Crippen LogP contribution in [0.5, 0.6) is 0 Å². The Kier molecular flexibility index (Phi) is 64.6. The first kappa shape index (κ1) is 91.1. The van der Waals surface area contributed by atoms with Crippen molar-refractivity contribution in [2.24, 2.45) is 11.8 Å². The number of ether oxygens (including phenoxy) is 4. The highest BCUT2D eigenvalue weighted by atomic mass is 31.2. The Hall–Kier alpha value is -1.94. The lowest BCUT2D eigenvalue weighted by atomic mass is 9.99. The summed E-state index contributed by atoms with van der Waals surface area (Å²) in [4.78, 5) is 72.7. The Balaban J connectivity index is 5.23. The summed E-state index contributed by atoms with van der Waals surface area (Å²) in [6.45, 7) is 9.61. The molecule has 3 N–H and O–H groups in total. The smallest absolute Gasteiger partial charge is 0.462 e. The molecule has 552 valence electrons. The van der Waals surface area contributed by atoms with Crippen molar-refractivity contribution in [1.29, 1.82) is 0 Å². The van der Waals surface area contributed by atoms with E-state index < -0.39 is 97.5 Å². The first-order valence-corrected chi connectivity index (χ1v) is 41.6. The van der Waals surface area contributed by atoms with Crippen molar-refractivity contribution in [2.75, 3.05) is 39.6 Å². The predicted octanol–water partition coefficient (Wildman–Crippen LogP) is 21.6. The van der Waals surface area contributed by atoms with E-state index in [4.69, 9.17) is 37.0 Å². The van der Waals surface area contributed by atoms with Gasteiger partial charge in [0.25, 0.3) is 0 Å². The van der Waals surface area contributed by atoms with Gasteiger partial charge in [0.1, 0.15) is 19.3 Å². The molecule has 0 aromatic rings. The summed E-state index contributed by atoms with van der Waals surface area (Å²) in [6, 6.07) is 0. The van der Waals surface area contributed by atoms with E-state index in [0.29, 0.717) is 25.7 Å². The van der Waals surface area contributed by atoms with Crippen LogP contribution in [0.3, 0.4) is 0 Å². The monoisotopic (exact) mass is 1370 g/mol. The average molecular weight is 1370 g/mol. The summed E-state index contributed by atoms with van der Waals surface area (Å²) >= 11 is 0. The number of rotatable bonds is 73. The third-order valence-electron chi connectivity index (χ3n) is 17.9. The molecule has 0 fully saturated rings. The highest BCUT2D eigenvalue weighted by molar-refractivity contribution is 7.47. The number of phosphoric acid groups is 2. The van der Waals surface area contributed by atoms with Crippen LogP contribution in [-0.4, -0.2) is 96.7 Å². The molecule has 0 saturated heterocycles. The molecular weight excluding hydrogens is 1220 g/mol. The summed E-state index contributed by atoms with van der Waals surface area (Å²) in [6.07, 6.45) is 52.6. The summed E-state index contributed by atoms with van der Waals surface area (Å²) in [5.41, 5.74) is 0. The number of aliphatic hydroxyl groups excluding tert-OH is 1. The third-order valence-corrected chi connectivity index (χ3v) is 19.8. The summed E-state index contributed by atoms with van der Waals surface area (Å²) in [5, 5.41) is 10.6. The van der Waals surface area contributed by atoms with Gasteiger partial charge in [-0.3, -0.25) is 37.3 Å². The highest BCUT2D eigenvalue weighted by Crippen LogP contribution is 2.45. The molecule has 17 nitrogen and oxygen atoms in total. The van der Waals surface area contributed by atoms with Gasteiger partial charge in [-0.15, -0.1) is 0 Å². The molecule has 0 aromatic heterocycles. The van der Waals surface area contributed by atoms with Crippen LogP contribution in [-0.2, 0) is 65.4 Å². The molecule has 0 saturated carbocycles. The Morgan fingerprint density at radius 3 is 0.763 bits per heavy atom. The van der Waals surface area contributed by atoms with Crippen molar-refractivity contribution in [1.82, 2.24) is 0 Å². The molecule has 93 heavy (non-hydrogen) atoms. The molecule has 0 aliphatic carbocycles. The van der Waals surface area contributed by atoms with Crippen LogP contribution < -0.4 is 0 Å². The molecule has 0 heterocycles. The molecule has 19 heteroatoms. The fourth-order valence-electron chi connectivity index (χ4n) is 11.2. The maximum absolute atomic E-state index is 13.1. The second-order valence-electron chi connectivity index (χ2n) is 27.2. The number of phosphoric ester groups is 2. The zero-order valence-electron chi connectivity index (χ0n) is 60.6. The molecule has 0 aliphatic rings. The lowest BCUT2D eigenvalue weighted by molar-refractivity contribution is -0.161. The van der Waals surface area contributed by atoms with Crippen LogP contribution in [0.2, 0.25) is 0 Å². The largest absolute Gasteiger partial charge is 0.472 e. The number of unbranched alkanes of at least 4 members (excludes halogenated alkanes) is 41. The van der Waals surface area contributed by atoms with E-state index in [0.717, 1.165) is 108 Å². The van der Waals surface area contributed by atoms with Gasteiger partial charge in [0, 0.05) is 25.7 Å². The van der Waals surface area contributed by atoms with Crippen LogP contribution in [0, 0.1) is 11.8 Å². The molecule has 0 aliphatic heterocycles. The number of carbonyl (C=O) groups excluding carboxylic acids is 4. The van der Waals surface area contributed by atoms with Gasteiger partial charge < -0.3 is 33.8 Å². The van der Waals surface area contributed by atoms with Crippen molar-refractivity contribution in [2.45, 2.75) is 400 Å². The van der Waals surface area contributed by atoms with E-state index >= 15 is 0 Å². The maximum Gasteiger partial charge on any atom is 0.472 e. The van der Waals surface area contributed by atoms with E-state index in [9.17, 15) is 43.2 Å². The number of aliphatic hydroxyl groups is 1. The highest BCUT2D eigenvalue weighted by Gasteiger charge is 2.30. The van der Waals surface area contributed by atoms with Gasteiger partial charge in [0.05, 0.1) is 26.4 Å². The zero-order valence-corrected chi connectivity index (χ0v) is 62.3. The Bertz CT molecular complexity index is 1810. The van der Waals surface area contributed by atoms with Gasteiger partial charge in [-0.1, -0.05) is 330 Å². The summed E-state index contributed by atoms with van der Waals surface area (Å²) < 4.78 is 68.4. The number of esters is 4. The van der Waals surface area contributed by atoms with Gasteiger partial charge in [0.2, 0.25) is 0 Å². The van der Waals surface area contributed by atoms with Gasteiger partial charge in [-0.2, -0.15) is 0 Å². The lowest BCUT2D eigenvalue weighted by Crippen LogP contribution is -2.30. The van der Waals surface area contributed by atoms with Crippen molar-refractivity contribution < 1.29 is 80.2 Å². The van der Waals surface area contributed by atoms with E-state index in [2.05, 4.69) is 41.5 Å². The molecular formula is C74H144O17P2. The molecule has 0 radical (unpaired) electrons. The minimum atomic E-state index is -4.96. The summed E-state index contributed by atoms with van der Waals surface area (Å²) in [7, 11) is -9.91. The molecule has 4 unspecified atom stereocenters. The molecule has 0 aromatic carbocycles. The summed E-state index contributed by atoms with van der Waals surface area (Å²) in [5.74, 6) is -0.507. The van der Waals surface area contributed by atoms with Crippen molar-refractivity contribution in [3.63, 3.8) is 0 Å². The first-order chi connectivity index (χ1) is 44.9. The Labute approximate surface area is 568 Å².